The van der Waals surface area contributed by atoms with Crippen LogP contribution in [0.15, 0.2) is 30.6 Å². The van der Waals surface area contributed by atoms with E-state index in [4.69, 9.17) is 16.3 Å². The molecule has 10 heteroatoms. The molecular weight excluding hydrogens is 397 g/mol. The van der Waals surface area contributed by atoms with Crippen molar-refractivity contribution in [3.63, 3.8) is 0 Å². The maximum absolute atomic E-state index is 12.7. The highest BCUT2D eigenvalue weighted by Crippen LogP contribution is 2.33. The van der Waals surface area contributed by atoms with Gasteiger partial charge in [0.25, 0.3) is 0 Å². The molecule has 0 aromatic carbocycles. The largest absolute Gasteiger partial charge is 0.462 e. The van der Waals surface area contributed by atoms with Crippen molar-refractivity contribution in [2.24, 2.45) is 0 Å². The van der Waals surface area contributed by atoms with Gasteiger partial charge in [-0.05, 0) is 25.1 Å². The second kappa shape index (κ2) is 8.22. The van der Waals surface area contributed by atoms with E-state index in [9.17, 15) is 18.0 Å². The van der Waals surface area contributed by atoms with E-state index in [2.05, 4.69) is 9.97 Å². The van der Waals surface area contributed by atoms with Crippen LogP contribution in [0.1, 0.15) is 22.8 Å². The Balaban J connectivity index is 1.64. The summed E-state index contributed by atoms with van der Waals surface area (Å²) in [6, 6.07) is 4.29. The number of piperazine rings is 1. The monoisotopic (exact) mass is 414 g/mol. The molecule has 0 radical (unpaired) electrons. The predicted molar refractivity (Wildman–Crippen MR) is 98.9 cm³/mol. The van der Waals surface area contributed by atoms with Gasteiger partial charge in [0.05, 0.1) is 22.8 Å². The third-order valence-electron chi connectivity index (χ3n) is 4.31. The van der Waals surface area contributed by atoms with Crippen LogP contribution in [0, 0.1) is 0 Å². The van der Waals surface area contributed by atoms with Crippen molar-refractivity contribution >= 4 is 29.2 Å². The Morgan fingerprint density at radius 3 is 2.36 bits per heavy atom. The van der Waals surface area contributed by atoms with Gasteiger partial charge in [-0.15, -0.1) is 0 Å². The average molecular weight is 415 g/mol. The van der Waals surface area contributed by atoms with Gasteiger partial charge in [0.15, 0.2) is 0 Å². The number of aromatic nitrogens is 2. The van der Waals surface area contributed by atoms with Crippen molar-refractivity contribution < 1.29 is 22.7 Å². The van der Waals surface area contributed by atoms with Gasteiger partial charge in [0, 0.05) is 38.6 Å². The zero-order chi connectivity index (χ0) is 20.3. The van der Waals surface area contributed by atoms with Crippen LogP contribution in [0.5, 0.6) is 0 Å². The first kappa shape index (κ1) is 20.2. The molecule has 0 unspecified atom stereocenters. The SMILES string of the molecule is CCOC(=O)c1ccc(N2CCN(c3ncc(C(F)(F)F)cc3Cl)CC2)nc1. The van der Waals surface area contributed by atoms with Gasteiger partial charge in [0.2, 0.25) is 0 Å². The second-order valence-electron chi connectivity index (χ2n) is 6.13. The van der Waals surface area contributed by atoms with Gasteiger partial charge in [-0.3, -0.25) is 0 Å². The van der Waals surface area contributed by atoms with Crippen LogP contribution < -0.4 is 9.80 Å². The molecule has 0 bridgehead atoms. The predicted octanol–water partition coefficient (Wildman–Crippen LogP) is 3.65. The summed E-state index contributed by atoms with van der Waals surface area (Å²) in [5.74, 6) is 0.619. The number of ether oxygens (including phenoxy) is 1. The molecule has 0 spiro atoms. The minimum absolute atomic E-state index is 0.0276. The van der Waals surface area contributed by atoms with Gasteiger partial charge < -0.3 is 14.5 Å². The third kappa shape index (κ3) is 4.46. The Morgan fingerprint density at radius 1 is 1.14 bits per heavy atom. The number of nitrogens with zero attached hydrogens (tertiary/aromatic N) is 4. The van der Waals surface area contributed by atoms with Crippen molar-refractivity contribution in [1.82, 2.24) is 9.97 Å². The minimum atomic E-state index is -4.48. The molecule has 0 aliphatic carbocycles. The Kier molecular flexibility index (Phi) is 5.93. The lowest BCUT2D eigenvalue weighted by Gasteiger charge is -2.36. The number of halogens is 4. The number of anilines is 2. The van der Waals surface area contributed by atoms with E-state index >= 15 is 0 Å². The highest BCUT2D eigenvalue weighted by atomic mass is 35.5. The lowest BCUT2D eigenvalue weighted by atomic mass is 10.2. The molecule has 1 fully saturated rings. The van der Waals surface area contributed by atoms with Crippen LogP contribution in [-0.2, 0) is 10.9 Å². The summed E-state index contributed by atoms with van der Waals surface area (Å²) >= 11 is 6.02. The van der Waals surface area contributed by atoms with Crippen molar-refractivity contribution in [3.05, 3.63) is 46.7 Å². The molecule has 0 saturated carbocycles. The highest BCUT2D eigenvalue weighted by molar-refractivity contribution is 6.33. The van der Waals surface area contributed by atoms with Crippen LogP contribution in [0.3, 0.4) is 0 Å². The standard InChI is InChI=1S/C18H18ClF3N4O2/c1-2-28-17(27)12-3-4-15(23-10-12)25-5-7-26(8-6-25)16-14(19)9-13(11-24-16)18(20,21)22/h3-4,9-11H,2,5-8H2,1H3. The topological polar surface area (TPSA) is 58.6 Å². The number of rotatable bonds is 4. The average Bonchev–Trinajstić information content (AvgIpc) is 2.68. The molecule has 28 heavy (non-hydrogen) atoms. The van der Waals surface area contributed by atoms with Gasteiger partial charge in [-0.2, -0.15) is 13.2 Å². The fourth-order valence-electron chi connectivity index (χ4n) is 2.87. The molecule has 150 valence electrons. The number of pyridine rings is 2. The van der Waals surface area contributed by atoms with Crippen molar-refractivity contribution in [2.45, 2.75) is 13.1 Å². The third-order valence-corrected chi connectivity index (χ3v) is 4.59. The molecule has 0 N–H and O–H groups in total. The minimum Gasteiger partial charge on any atom is -0.462 e. The summed E-state index contributed by atoms with van der Waals surface area (Å²) in [5, 5.41) is -0.0276. The van der Waals surface area contributed by atoms with E-state index in [1.807, 2.05) is 9.80 Å². The summed E-state index contributed by atoms with van der Waals surface area (Å²) in [6.45, 7) is 4.26. The zero-order valence-corrected chi connectivity index (χ0v) is 15.8. The van der Waals surface area contributed by atoms with Gasteiger partial charge in [-0.25, -0.2) is 14.8 Å². The van der Waals surface area contributed by atoms with E-state index in [0.29, 0.717) is 50.0 Å². The smallest absolute Gasteiger partial charge is 0.417 e. The van der Waals surface area contributed by atoms with E-state index in [1.54, 1.807) is 19.1 Å². The quantitative estimate of drug-likeness (QED) is 0.712. The highest BCUT2D eigenvalue weighted by Gasteiger charge is 2.32. The van der Waals surface area contributed by atoms with E-state index in [0.717, 1.165) is 12.3 Å². The first-order valence-corrected chi connectivity index (χ1v) is 9.03. The number of hydrogen-bond acceptors (Lipinski definition) is 6. The van der Waals surface area contributed by atoms with E-state index in [-0.39, 0.29) is 5.02 Å². The number of carbonyl (C=O) groups is 1. The lowest BCUT2D eigenvalue weighted by Crippen LogP contribution is -2.47. The van der Waals surface area contributed by atoms with Crippen LogP contribution in [0.2, 0.25) is 5.02 Å². The Hall–Kier alpha value is -2.55. The summed E-state index contributed by atoms with van der Waals surface area (Å²) in [4.78, 5) is 23.7. The fraction of sp³-hybridized carbons (Fsp3) is 0.389. The summed E-state index contributed by atoms with van der Waals surface area (Å²) in [6.07, 6.45) is -2.22. The normalized spacial score (nSPS) is 14.9. The Morgan fingerprint density at radius 2 is 1.82 bits per heavy atom. The molecule has 0 amide bonds. The molecule has 3 heterocycles. The molecule has 1 aliphatic heterocycles. The number of hydrogen-bond donors (Lipinski definition) is 0. The first-order chi connectivity index (χ1) is 13.3. The fourth-order valence-corrected chi connectivity index (χ4v) is 3.16. The van der Waals surface area contributed by atoms with E-state index < -0.39 is 17.7 Å². The lowest BCUT2D eigenvalue weighted by molar-refractivity contribution is -0.137. The van der Waals surface area contributed by atoms with Crippen LogP contribution in [-0.4, -0.2) is 48.7 Å². The van der Waals surface area contributed by atoms with E-state index in [1.165, 1.54) is 6.20 Å². The van der Waals surface area contributed by atoms with Gasteiger partial charge in [0.1, 0.15) is 11.6 Å². The molecule has 3 rings (SSSR count). The van der Waals surface area contributed by atoms with Crippen molar-refractivity contribution in [3.8, 4) is 0 Å². The van der Waals surface area contributed by atoms with Gasteiger partial charge >= 0.3 is 12.1 Å². The molecular formula is C18H18ClF3N4O2. The molecule has 2 aromatic rings. The van der Waals surface area contributed by atoms with Crippen LogP contribution >= 0.6 is 11.6 Å². The first-order valence-electron chi connectivity index (χ1n) is 8.65. The summed E-state index contributed by atoms with van der Waals surface area (Å²) in [5.41, 5.74) is -0.490. The maximum atomic E-state index is 12.7. The maximum Gasteiger partial charge on any atom is 0.417 e. The van der Waals surface area contributed by atoms with Crippen molar-refractivity contribution in [2.75, 3.05) is 42.6 Å². The Bertz CT molecular complexity index is 838. The summed E-state index contributed by atoms with van der Waals surface area (Å²) in [7, 11) is 0. The number of carbonyl (C=O) groups excluding carboxylic acids is 1. The second-order valence-corrected chi connectivity index (χ2v) is 6.53. The van der Waals surface area contributed by atoms with Crippen LogP contribution in [0.4, 0.5) is 24.8 Å². The molecule has 1 saturated heterocycles. The molecule has 2 aromatic heterocycles. The zero-order valence-electron chi connectivity index (χ0n) is 15.0. The van der Waals surface area contributed by atoms with Crippen molar-refractivity contribution in [1.29, 1.82) is 0 Å². The number of alkyl halides is 3. The molecule has 1 aliphatic rings. The number of esters is 1. The van der Waals surface area contributed by atoms with Gasteiger partial charge in [-0.1, -0.05) is 11.6 Å². The summed E-state index contributed by atoms with van der Waals surface area (Å²) < 4.78 is 43.2. The van der Waals surface area contributed by atoms with Crippen LogP contribution in [0.25, 0.3) is 0 Å². The Labute approximate surface area is 164 Å². The molecule has 0 atom stereocenters. The molecule has 6 nitrogen and oxygen atoms in total.